The molecule has 0 unspecified atom stereocenters. The predicted octanol–water partition coefficient (Wildman–Crippen LogP) is 2.01. The van der Waals surface area contributed by atoms with E-state index in [1.54, 1.807) is 0 Å². The number of benzene rings is 2. The van der Waals surface area contributed by atoms with Gasteiger partial charge in [-0.2, -0.15) is 4.31 Å². The van der Waals surface area contributed by atoms with Crippen LogP contribution in [0.5, 0.6) is 5.75 Å². The van der Waals surface area contributed by atoms with Crippen LogP contribution in [0, 0.1) is 6.92 Å². The number of morpholine rings is 1. The first-order chi connectivity index (χ1) is 14.9. The Morgan fingerprint density at radius 3 is 2.68 bits per heavy atom. The van der Waals surface area contributed by atoms with E-state index in [1.165, 1.54) is 35.8 Å². The van der Waals surface area contributed by atoms with Gasteiger partial charge in [0, 0.05) is 13.1 Å². The molecule has 1 saturated heterocycles. The zero-order valence-corrected chi connectivity index (χ0v) is 18.2. The molecule has 1 N–H and O–H groups in total. The largest absolute Gasteiger partial charge is 0.495 e. The molecule has 0 atom stereocenters. The van der Waals surface area contributed by atoms with Crippen molar-refractivity contribution in [2.45, 2.75) is 11.8 Å². The SMILES string of the molecule is COc1ccc(S(=O)(=O)N2CCOCC2)cc1NC(=O)CO/N=C/c1ccccc1C. The fourth-order valence-electron chi connectivity index (χ4n) is 2.99. The summed E-state index contributed by atoms with van der Waals surface area (Å²) in [5, 5.41) is 6.43. The molecule has 1 amide bonds. The number of hydrogen-bond acceptors (Lipinski definition) is 7. The maximum absolute atomic E-state index is 12.9. The zero-order chi connectivity index (χ0) is 22.3. The maximum Gasteiger partial charge on any atom is 0.265 e. The van der Waals surface area contributed by atoms with Crippen LogP contribution >= 0.6 is 0 Å². The zero-order valence-electron chi connectivity index (χ0n) is 17.4. The third-order valence-electron chi connectivity index (χ3n) is 4.70. The van der Waals surface area contributed by atoms with Crippen LogP contribution in [0.4, 0.5) is 5.69 Å². The van der Waals surface area contributed by atoms with E-state index in [0.717, 1.165) is 11.1 Å². The van der Waals surface area contributed by atoms with Gasteiger partial charge in [0.25, 0.3) is 5.91 Å². The highest BCUT2D eigenvalue weighted by molar-refractivity contribution is 7.89. The van der Waals surface area contributed by atoms with E-state index in [2.05, 4.69) is 10.5 Å². The molecule has 166 valence electrons. The molecule has 1 fully saturated rings. The van der Waals surface area contributed by atoms with Crippen molar-refractivity contribution in [1.29, 1.82) is 0 Å². The monoisotopic (exact) mass is 447 g/mol. The summed E-state index contributed by atoms with van der Waals surface area (Å²) in [5.74, 6) is -0.168. The molecule has 0 saturated carbocycles. The van der Waals surface area contributed by atoms with Gasteiger partial charge in [-0.15, -0.1) is 0 Å². The van der Waals surface area contributed by atoms with E-state index in [4.69, 9.17) is 14.3 Å². The van der Waals surface area contributed by atoms with E-state index < -0.39 is 15.9 Å². The number of ether oxygens (including phenoxy) is 2. The number of aryl methyl sites for hydroxylation is 1. The average Bonchev–Trinajstić information content (AvgIpc) is 2.78. The van der Waals surface area contributed by atoms with Crippen molar-refractivity contribution in [2.75, 3.05) is 45.3 Å². The molecule has 2 aromatic rings. The summed E-state index contributed by atoms with van der Waals surface area (Å²) < 4.78 is 37.6. The van der Waals surface area contributed by atoms with Crippen LogP contribution in [0.1, 0.15) is 11.1 Å². The quantitative estimate of drug-likeness (QED) is 0.490. The van der Waals surface area contributed by atoms with E-state index >= 15 is 0 Å². The lowest BCUT2D eigenvalue weighted by Crippen LogP contribution is -2.40. The van der Waals surface area contributed by atoms with Gasteiger partial charge in [-0.3, -0.25) is 4.79 Å². The second kappa shape index (κ2) is 10.4. The molecule has 1 heterocycles. The molecular formula is C21H25N3O6S. The highest BCUT2D eigenvalue weighted by Crippen LogP contribution is 2.29. The van der Waals surface area contributed by atoms with Gasteiger partial charge in [0.05, 0.1) is 37.1 Å². The number of amides is 1. The van der Waals surface area contributed by atoms with Gasteiger partial charge < -0.3 is 19.6 Å². The summed E-state index contributed by atoms with van der Waals surface area (Å²) >= 11 is 0. The fraction of sp³-hybridized carbons (Fsp3) is 0.333. The van der Waals surface area contributed by atoms with E-state index in [0.29, 0.717) is 19.0 Å². The Kier molecular flexibility index (Phi) is 7.61. The number of nitrogens with zero attached hydrogens (tertiary/aromatic N) is 2. The maximum atomic E-state index is 12.9. The molecule has 0 bridgehead atoms. The highest BCUT2D eigenvalue weighted by Gasteiger charge is 2.27. The third kappa shape index (κ3) is 5.81. The van der Waals surface area contributed by atoms with Gasteiger partial charge in [-0.1, -0.05) is 29.4 Å². The molecule has 9 nitrogen and oxygen atoms in total. The third-order valence-corrected chi connectivity index (χ3v) is 6.60. The number of anilines is 1. The molecule has 31 heavy (non-hydrogen) atoms. The van der Waals surface area contributed by atoms with Crippen LogP contribution in [-0.4, -0.2) is 64.9 Å². The Labute approximate surface area is 181 Å². The number of methoxy groups -OCH3 is 1. The lowest BCUT2D eigenvalue weighted by atomic mass is 10.1. The highest BCUT2D eigenvalue weighted by atomic mass is 32.2. The summed E-state index contributed by atoms with van der Waals surface area (Å²) in [6, 6.07) is 11.9. The van der Waals surface area contributed by atoms with Crippen LogP contribution in [0.25, 0.3) is 0 Å². The first kappa shape index (κ1) is 22.7. The lowest BCUT2D eigenvalue weighted by Gasteiger charge is -2.26. The van der Waals surface area contributed by atoms with Crippen molar-refractivity contribution in [3.8, 4) is 5.75 Å². The van der Waals surface area contributed by atoms with Crippen molar-refractivity contribution in [1.82, 2.24) is 4.31 Å². The number of rotatable bonds is 8. The lowest BCUT2D eigenvalue weighted by molar-refractivity contribution is -0.120. The van der Waals surface area contributed by atoms with Gasteiger partial charge in [0.1, 0.15) is 5.75 Å². The Bertz CT molecular complexity index is 1050. The van der Waals surface area contributed by atoms with Crippen LogP contribution in [0.2, 0.25) is 0 Å². The van der Waals surface area contributed by atoms with Crippen molar-refractivity contribution >= 4 is 27.8 Å². The standard InChI is InChI=1S/C21H25N3O6S/c1-16-5-3-4-6-17(16)14-22-30-15-21(25)23-19-13-18(7-8-20(19)28-2)31(26,27)24-9-11-29-12-10-24/h3-8,13-14H,9-12,15H2,1-2H3,(H,23,25)/b22-14+. The number of sulfonamides is 1. The smallest absolute Gasteiger partial charge is 0.265 e. The van der Waals surface area contributed by atoms with Gasteiger partial charge in [-0.25, -0.2) is 8.42 Å². The first-order valence-corrected chi connectivity index (χ1v) is 11.1. The van der Waals surface area contributed by atoms with Crippen molar-refractivity contribution in [3.63, 3.8) is 0 Å². The number of oxime groups is 1. The molecule has 3 rings (SSSR count). The Balaban J connectivity index is 1.66. The molecular weight excluding hydrogens is 422 g/mol. The van der Waals surface area contributed by atoms with Gasteiger partial charge in [0.2, 0.25) is 10.0 Å². The molecule has 0 spiro atoms. The second-order valence-corrected chi connectivity index (χ2v) is 8.73. The molecule has 1 aliphatic heterocycles. The molecule has 10 heteroatoms. The topological polar surface area (TPSA) is 107 Å². The van der Waals surface area contributed by atoms with Crippen molar-refractivity contribution < 1.29 is 27.5 Å². The van der Waals surface area contributed by atoms with Crippen molar-refractivity contribution in [2.24, 2.45) is 5.16 Å². The van der Waals surface area contributed by atoms with Crippen molar-refractivity contribution in [3.05, 3.63) is 53.6 Å². The Morgan fingerprint density at radius 2 is 1.97 bits per heavy atom. The summed E-state index contributed by atoms with van der Waals surface area (Å²) in [6.07, 6.45) is 1.53. The van der Waals surface area contributed by atoms with Gasteiger partial charge >= 0.3 is 0 Å². The van der Waals surface area contributed by atoms with Crippen LogP contribution < -0.4 is 10.1 Å². The first-order valence-electron chi connectivity index (χ1n) is 9.68. The number of carbonyl (C=O) groups excluding carboxylic acids is 1. The molecule has 2 aromatic carbocycles. The van der Waals surface area contributed by atoms with Crippen LogP contribution in [0.3, 0.4) is 0 Å². The molecule has 0 radical (unpaired) electrons. The fourth-order valence-corrected chi connectivity index (χ4v) is 4.42. The number of carbonyl (C=O) groups is 1. The Morgan fingerprint density at radius 1 is 1.23 bits per heavy atom. The minimum absolute atomic E-state index is 0.0593. The van der Waals surface area contributed by atoms with E-state index in [1.807, 2.05) is 31.2 Å². The van der Waals surface area contributed by atoms with E-state index in [-0.39, 0.29) is 30.3 Å². The Hall–Kier alpha value is -2.95. The average molecular weight is 448 g/mol. The number of nitrogens with one attached hydrogen (secondary N) is 1. The summed E-state index contributed by atoms with van der Waals surface area (Å²) in [4.78, 5) is 17.4. The summed E-state index contributed by atoms with van der Waals surface area (Å²) in [7, 11) is -2.27. The van der Waals surface area contributed by atoms with Crippen LogP contribution in [0.15, 0.2) is 52.5 Å². The summed E-state index contributed by atoms with van der Waals surface area (Å²) in [6.45, 7) is 2.86. The van der Waals surface area contributed by atoms with Gasteiger partial charge in [0.15, 0.2) is 6.61 Å². The predicted molar refractivity (Wildman–Crippen MR) is 116 cm³/mol. The minimum Gasteiger partial charge on any atom is -0.495 e. The minimum atomic E-state index is -3.71. The molecule has 1 aliphatic rings. The second-order valence-electron chi connectivity index (χ2n) is 6.79. The van der Waals surface area contributed by atoms with Gasteiger partial charge in [-0.05, 0) is 36.2 Å². The normalized spacial score (nSPS) is 15.0. The molecule has 0 aliphatic carbocycles. The summed E-state index contributed by atoms with van der Waals surface area (Å²) in [5.41, 5.74) is 2.14. The van der Waals surface area contributed by atoms with Crippen LogP contribution in [-0.2, 0) is 24.4 Å². The number of hydrogen-bond donors (Lipinski definition) is 1. The molecule has 0 aromatic heterocycles. The van der Waals surface area contributed by atoms with E-state index in [9.17, 15) is 13.2 Å².